The lowest BCUT2D eigenvalue weighted by atomic mass is 10.2. The predicted octanol–water partition coefficient (Wildman–Crippen LogP) is 3.68. The molecule has 134 valence electrons. The minimum atomic E-state index is -0.265. The summed E-state index contributed by atoms with van der Waals surface area (Å²) in [5, 5.41) is 1.27. The van der Waals surface area contributed by atoms with E-state index in [9.17, 15) is 9.59 Å². The molecule has 6 nitrogen and oxygen atoms in total. The molecule has 0 aliphatic heterocycles. The molecule has 1 amide bonds. The number of aromatic nitrogens is 3. The Hall–Kier alpha value is -2.44. The summed E-state index contributed by atoms with van der Waals surface area (Å²) >= 11 is 11.8. The molecular weight excluding hydrogens is 375 g/mol. The van der Waals surface area contributed by atoms with Gasteiger partial charge in [0, 0.05) is 17.8 Å². The van der Waals surface area contributed by atoms with Gasteiger partial charge in [0.05, 0.1) is 23.0 Å². The van der Waals surface area contributed by atoms with Crippen molar-refractivity contribution < 1.29 is 4.79 Å². The number of nitrogens with zero attached hydrogens (tertiary/aromatic N) is 3. The normalized spacial score (nSPS) is 10.9. The van der Waals surface area contributed by atoms with Crippen LogP contribution < -0.4 is 5.56 Å². The van der Waals surface area contributed by atoms with E-state index in [0.29, 0.717) is 39.0 Å². The summed E-state index contributed by atoms with van der Waals surface area (Å²) in [6.45, 7) is 2.66. The number of pyridine rings is 1. The van der Waals surface area contributed by atoms with E-state index in [1.807, 2.05) is 6.92 Å². The first-order chi connectivity index (χ1) is 12.5. The topological polar surface area (TPSA) is 79.0 Å². The van der Waals surface area contributed by atoms with Gasteiger partial charge >= 0.3 is 0 Å². The lowest BCUT2D eigenvalue weighted by molar-refractivity contribution is 0.0738. The summed E-state index contributed by atoms with van der Waals surface area (Å²) in [5.74, 6) is 0.193. The number of nitrogens with one attached hydrogen (secondary N) is 1. The second kappa shape index (κ2) is 7.85. The zero-order chi connectivity index (χ0) is 18.7. The van der Waals surface area contributed by atoms with E-state index in [4.69, 9.17) is 23.2 Å². The zero-order valence-corrected chi connectivity index (χ0v) is 15.5. The first-order valence-electron chi connectivity index (χ1n) is 8.07. The number of hydrogen-bond donors (Lipinski definition) is 1. The molecule has 0 atom stereocenters. The highest BCUT2D eigenvalue weighted by Gasteiger charge is 2.17. The Balaban J connectivity index is 1.92. The van der Waals surface area contributed by atoms with Crippen LogP contribution in [0.2, 0.25) is 10.2 Å². The Kier molecular flexibility index (Phi) is 5.54. The first-order valence-corrected chi connectivity index (χ1v) is 8.83. The van der Waals surface area contributed by atoms with Gasteiger partial charge in [0.15, 0.2) is 0 Å². The van der Waals surface area contributed by atoms with E-state index in [-0.39, 0.29) is 18.0 Å². The van der Waals surface area contributed by atoms with Crippen molar-refractivity contribution in [3.05, 3.63) is 68.4 Å². The number of amides is 1. The van der Waals surface area contributed by atoms with Gasteiger partial charge in [0.2, 0.25) is 0 Å². The summed E-state index contributed by atoms with van der Waals surface area (Å²) < 4.78 is 0. The maximum atomic E-state index is 12.8. The van der Waals surface area contributed by atoms with Crippen LogP contribution >= 0.6 is 23.2 Å². The maximum absolute atomic E-state index is 12.8. The molecule has 0 aliphatic carbocycles. The third-order valence-electron chi connectivity index (χ3n) is 3.81. The highest BCUT2D eigenvalue weighted by molar-refractivity contribution is 6.31. The molecule has 1 aromatic carbocycles. The molecule has 0 radical (unpaired) electrons. The standard InChI is InChI=1S/C18H16Cl2N4O2/c1-2-7-24(18(26)11-3-6-15(20)21-9-11)10-16-22-14-8-12(19)4-5-13(14)17(25)23-16/h3-6,8-9H,2,7,10H2,1H3,(H,22,23,25). The van der Waals surface area contributed by atoms with E-state index in [1.165, 1.54) is 6.20 Å². The lowest BCUT2D eigenvalue weighted by Crippen LogP contribution is -2.32. The second-order valence-corrected chi connectivity index (χ2v) is 6.59. The van der Waals surface area contributed by atoms with Crippen LogP contribution in [0.25, 0.3) is 10.9 Å². The van der Waals surface area contributed by atoms with Gasteiger partial charge < -0.3 is 9.88 Å². The molecule has 0 saturated heterocycles. The number of carbonyl (C=O) groups excluding carboxylic acids is 1. The van der Waals surface area contributed by atoms with Crippen molar-refractivity contribution >= 4 is 40.0 Å². The summed E-state index contributed by atoms with van der Waals surface area (Å²) in [5.41, 5.74) is 0.654. The molecular formula is C18H16Cl2N4O2. The van der Waals surface area contributed by atoms with Crippen molar-refractivity contribution in [2.75, 3.05) is 6.54 Å². The van der Waals surface area contributed by atoms with E-state index in [2.05, 4.69) is 15.0 Å². The van der Waals surface area contributed by atoms with Gasteiger partial charge in [-0.2, -0.15) is 0 Å². The molecule has 3 aromatic rings. The molecule has 0 spiro atoms. The van der Waals surface area contributed by atoms with Gasteiger partial charge in [-0.3, -0.25) is 9.59 Å². The molecule has 0 aliphatic rings. The highest BCUT2D eigenvalue weighted by atomic mass is 35.5. The Labute approximate surface area is 159 Å². The number of fused-ring (bicyclic) bond motifs is 1. The van der Waals surface area contributed by atoms with Crippen LogP contribution in [0.4, 0.5) is 0 Å². The first kappa shape index (κ1) is 18.4. The van der Waals surface area contributed by atoms with Crippen LogP contribution in [0.1, 0.15) is 29.5 Å². The zero-order valence-electron chi connectivity index (χ0n) is 14.0. The second-order valence-electron chi connectivity index (χ2n) is 5.77. The molecule has 1 N–H and O–H groups in total. The highest BCUT2D eigenvalue weighted by Crippen LogP contribution is 2.16. The van der Waals surface area contributed by atoms with Gasteiger partial charge in [0.25, 0.3) is 11.5 Å². The van der Waals surface area contributed by atoms with Crippen LogP contribution in [-0.2, 0) is 6.54 Å². The van der Waals surface area contributed by atoms with E-state index < -0.39 is 0 Å². The Morgan fingerprint density at radius 2 is 2.04 bits per heavy atom. The summed E-state index contributed by atoms with van der Waals surface area (Å²) in [6, 6.07) is 8.08. The van der Waals surface area contributed by atoms with Gasteiger partial charge in [0.1, 0.15) is 11.0 Å². The number of H-pyrrole nitrogens is 1. The van der Waals surface area contributed by atoms with Crippen LogP contribution in [0, 0.1) is 0 Å². The smallest absolute Gasteiger partial charge is 0.258 e. The molecule has 0 fully saturated rings. The number of halogens is 2. The maximum Gasteiger partial charge on any atom is 0.258 e. The molecule has 3 rings (SSSR count). The average Bonchev–Trinajstić information content (AvgIpc) is 2.61. The predicted molar refractivity (Wildman–Crippen MR) is 102 cm³/mol. The molecule has 26 heavy (non-hydrogen) atoms. The third-order valence-corrected chi connectivity index (χ3v) is 4.27. The summed E-state index contributed by atoms with van der Waals surface area (Å²) in [6.07, 6.45) is 2.19. The van der Waals surface area contributed by atoms with Crippen molar-refractivity contribution in [3.63, 3.8) is 0 Å². The largest absolute Gasteiger partial charge is 0.331 e. The summed E-state index contributed by atoms with van der Waals surface area (Å²) in [4.78, 5) is 37.7. The molecule has 0 unspecified atom stereocenters. The fraction of sp³-hybridized carbons (Fsp3) is 0.222. The Bertz CT molecular complexity index is 1000. The molecule has 2 aromatic heterocycles. The fourth-order valence-corrected chi connectivity index (χ4v) is 2.90. The number of hydrogen-bond acceptors (Lipinski definition) is 4. The van der Waals surface area contributed by atoms with E-state index in [1.54, 1.807) is 35.2 Å². The Morgan fingerprint density at radius 3 is 2.73 bits per heavy atom. The van der Waals surface area contributed by atoms with Crippen LogP contribution in [-0.4, -0.2) is 32.3 Å². The number of benzene rings is 1. The van der Waals surface area contributed by atoms with Crippen molar-refractivity contribution in [1.29, 1.82) is 0 Å². The minimum Gasteiger partial charge on any atom is -0.331 e. The quantitative estimate of drug-likeness (QED) is 0.673. The number of rotatable bonds is 5. The summed E-state index contributed by atoms with van der Waals surface area (Å²) in [7, 11) is 0. The molecule has 8 heteroatoms. The van der Waals surface area contributed by atoms with Crippen LogP contribution in [0.3, 0.4) is 0 Å². The van der Waals surface area contributed by atoms with Gasteiger partial charge in [-0.05, 0) is 36.8 Å². The van der Waals surface area contributed by atoms with Crippen molar-refractivity contribution in [3.8, 4) is 0 Å². The van der Waals surface area contributed by atoms with Crippen molar-refractivity contribution in [2.45, 2.75) is 19.9 Å². The number of carbonyl (C=O) groups is 1. The molecule has 0 saturated carbocycles. The monoisotopic (exact) mass is 390 g/mol. The lowest BCUT2D eigenvalue weighted by Gasteiger charge is -2.21. The average molecular weight is 391 g/mol. The third kappa shape index (κ3) is 4.03. The van der Waals surface area contributed by atoms with Gasteiger partial charge in [-0.15, -0.1) is 0 Å². The van der Waals surface area contributed by atoms with E-state index >= 15 is 0 Å². The van der Waals surface area contributed by atoms with E-state index in [0.717, 1.165) is 6.42 Å². The van der Waals surface area contributed by atoms with Crippen LogP contribution in [0.5, 0.6) is 0 Å². The van der Waals surface area contributed by atoms with Gasteiger partial charge in [-0.1, -0.05) is 30.1 Å². The Morgan fingerprint density at radius 1 is 1.23 bits per heavy atom. The van der Waals surface area contributed by atoms with Crippen molar-refractivity contribution in [1.82, 2.24) is 19.9 Å². The molecule has 0 bridgehead atoms. The SMILES string of the molecule is CCCN(Cc1nc2cc(Cl)ccc2c(=O)[nH]1)C(=O)c1ccc(Cl)nc1. The van der Waals surface area contributed by atoms with Crippen molar-refractivity contribution in [2.24, 2.45) is 0 Å². The minimum absolute atomic E-state index is 0.174. The number of aromatic amines is 1. The van der Waals surface area contributed by atoms with Crippen LogP contribution in [0.15, 0.2) is 41.3 Å². The fourth-order valence-electron chi connectivity index (χ4n) is 2.62. The molecule has 2 heterocycles. The van der Waals surface area contributed by atoms with Gasteiger partial charge in [-0.25, -0.2) is 9.97 Å².